The Hall–Kier alpha value is -3.75. The Morgan fingerprint density at radius 2 is 2.10 bits per heavy atom. The SMILES string of the molecule is CN(C(=O)c1ccc2nc(N)c3cncn3c2c1)[C@@H]1COc2cc(C(F)F)ccc21. The lowest BCUT2D eigenvalue weighted by molar-refractivity contribution is 0.0708. The maximum atomic E-state index is 13.2. The Morgan fingerprint density at radius 3 is 2.90 bits per heavy atom. The Bertz CT molecular complexity index is 1300. The highest BCUT2D eigenvalue weighted by atomic mass is 19.3. The third-order valence-electron chi connectivity index (χ3n) is 5.46. The minimum absolute atomic E-state index is 0.103. The maximum absolute atomic E-state index is 13.2. The molecule has 0 aliphatic carbocycles. The van der Waals surface area contributed by atoms with Gasteiger partial charge in [0.15, 0.2) is 0 Å². The van der Waals surface area contributed by atoms with Crippen molar-refractivity contribution in [1.29, 1.82) is 0 Å². The van der Waals surface area contributed by atoms with E-state index in [2.05, 4.69) is 9.97 Å². The molecule has 7 nitrogen and oxygen atoms in total. The van der Waals surface area contributed by atoms with Gasteiger partial charge >= 0.3 is 0 Å². The highest BCUT2D eigenvalue weighted by Crippen LogP contribution is 2.38. The number of ether oxygens (including phenoxy) is 1. The fraction of sp³-hybridized carbons (Fsp3) is 0.190. The first-order valence-electron chi connectivity index (χ1n) is 9.27. The molecule has 0 spiro atoms. The quantitative estimate of drug-likeness (QED) is 0.559. The molecule has 2 N–H and O–H groups in total. The van der Waals surface area contributed by atoms with E-state index < -0.39 is 6.43 Å². The number of carbonyl (C=O) groups is 1. The van der Waals surface area contributed by atoms with Crippen molar-refractivity contribution in [3.63, 3.8) is 0 Å². The normalized spacial score (nSPS) is 15.5. The molecule has 9 heteroatoms. The summed E-state index contributed by atoms with van der Waals surface area (Å²) in [5.41, 5.74) is 9.05. The van der Waals surface area contributed by atoms with Gasteiger partial charge in [-0.15, -0.1) is 0 Å². The van der Waals surface area contributed by atoms with E-state index in [-0.39, 0.29) is 24.1 Å². The highest BCUT2D eigenvalue weighted by Gasteiger charge is 2.31. The van der Waals surface area contributed by atoms with Crippen molar-refractivity contribution in [2.24, 2.45) is 0 Å². The molecule has 3 heterocycles. The average Bonchev–Trinajstić information content (AvgIpc) is 3.40. The average molecular weight is 409 g/mol. The molecule has 152 valence electrons. The number of alkyl halides is 2. The summed E-state index contributed by atoms with van der Waals surface area (Å²) in [7, 11) is 1.67. The number of nitrogen functional groups attached to an aromatic ring is 1. The van der Waals surface area contributed by atoms with Crippen LogP contribution in [0.3, 0.4) is 0 Å². The monoisotopic (exact) mass is 409 g/mol. The minimum atomic E-state index is -2.57. The van der Waals surface area contributed by atoms with Gasteiger partial charge < -0.3 is 15.4 Å². The van der Waals surface area contributed by atoms with Crippen LogP contribution in [0, 0.1) is 0 Å². The van der Waals surface area contributed by atoms with Crippen LogP contribution in [0.2, 0.25) is 0 Å². The molecule has 1 atom stereocenters. The summed E-state index contributed by atoms with van der Waals surface area (Å²) in [4.78, 5) is 23.2. The molecular formula is C21H17F2N5O2. The van der Waals surface area contributed by atoms with Crippen molar-refractivity contribution in [3.05, 3.63) is 65.6 Å². The molecule has 5 rings (SSSR count). The number of amides is 1. The van der Waals surface area contributed by atoms with E-state index in [0.717, 1.165) is 0 Å². The predicted octanol–water partition coefficient (Wildman–Crippen LogP) is 3.61. The van der Waals surface area contributed by atoms with E-state index in [4.69, 9.17) is 10.5 Å². The first-order chi connectivity index (χ1) is 14.4. The molecule has 1 amide bonds. The van der Waals surface area contributed by atoms with Crippen molar-refractivity contribution in [1.82, 2.24) is 19.3 Å². The molecule has 0 unspecified atom stereocenters. The summed E-state index contributed by atoms with van der Waals surface area (Å²) in [6.45, 7) is 0.210. The summed E-state index contributed by atoms with van der Waals surface area (Å²) in [5, 5.41) is 0. The molecule has 30 heavy (non-hydrogen) atoms. The Balaban J connectivity index is 1.50. The molecule has 4 aromatic rings. The number of anilines is 1. The zero-order chi connectivity index (χ0) is 21.0. The predicted molar refractivity (Wildman–Crippen MR) is 107 cm³/mol. The summed E-state index contributed by atoms with van der Waals surface area (Å²) in [6.07, 6.45) is 0.663. The largest absolute Gasteiger partial charge is 0.491 e. The van der Waals surface area contributed by atoms with E-state index in [1.807, 2.05) is 0 Å². The van der Waals surface area contributed by atoms with E-state index in [1.165, 1.54) is 12.1 Å². The first-order valence-corrected chi connectivity index (χ1v) is 9.27. The van der Waals surface area contributed by atoms with Crippen LogP contribution in [0.15, 0.2) is 48.9 Å². The Kier molecular flexibility index (Phi) is 4.05. The number of likely N-dealkylation sites (N-methyl/N-ethyl adjacent to an activating group) is 1. The Morgan fingerprint density at radius 1 is 1.27 bits per heavy atom. The maximum Gasteiger partial charge on any atom is 0.263 e. The lowest BCUT2D eigenvalue weighted by Gasteiger charge is -2.24. The van der Waals surface area contributed by atoms with Gasteiger partial charge in [-0.3, -0.25) is 9.20 Å². The molecule has 1 aliphatic rings. The number of rotatable bonds is 3. The van der Waals surface area contributed by atoms with Gasteiger partial charge in [0.05, 0.1) is 29.6 Å². The number of imidazole rings is 1. The molecule has 1 aliphatic heterocycles. The molecular weight excluding hydrogens is 392 g/mol. The number of benzene rings is 2. The van der Waals surface area contributed by atoms with Crippen molar-refractivity contribution in [3.8, 4) is 5.75 Å². The number of aromatic nitrogens is 3. The third-order valence-corrected chi connectivity index (χ3v) is 5.46. The van der Waals surface area contributed by atoms with E-state index >= 15 is 0 Å². The fourth-order valence-electron chi connectivity index (χ4n) is 3.82. The topological polar surface area (TPSA) is 85.8 Å². The van der Waals surface area contributed by atoms with Gasteiger partial charge in [0, 0.05) is 23.7 Å². The van der Waals surface area contributed by atoms with Crippen LogP contribution in [0.1, 0.15) is 34.0 Å². The van der Waals surface area contributed by atoms with Crippen LogP contribution in [0.4, 0.5) is 14.6 Å². The van der Waals surface area contributed by atoms with Crippen LogP contribution in [0.5, 0.6) is 5.75 Å². The number of fused-ring (bicyclic) bond motifs is 4. The van der Waals surface area contributed by atoms with Crippen LogP contribution in [-0.4, -0.2) is 38.8 Å². The van der Waals surface area contributed by atoms with Gasteiger partial charge in [-0.1, -0.05) is 12.1 Å². The van der Waals surface area contributed by atoms with Crippen molar-refractivity contribution in [2.45, 2.75) is 12.5 Å². The smallest absolute Gasteiger partial charge is 0.263 e. The summed E-state index contributed by atoms with van der Waals surface area (Å²) < 4.78 is 33.2. The van der Waals surface area contributed by atoms with E-state index in [9.17, 15) is 13.6 Å². The second-order valence-electron chi connectivity index (χ2n) is 7.19. The van der Waals surface area contributed by atoms with E-state index in [0.29, 0.717) is 39.2 Å². The zero-order valence-corrected chi connectivity index (χ0v) is 15.9. The van der Waals surface area contributed by atoms with Gasteiger partial charge in [0.1, 0.15) is 23.7 Å². The highest BCUT2D eigenvalue weighted by molar-refractivity contribution is 5.98. The van der Waals surface area contributed by atoms with Crippen LogP contribution >= 0.6 is 0 Å². The number of hydrogen-bond donors (Lipinski definition) is 1. The number of nitrogens with zero attached hydrogens (tertiary/aromatic N) is 4. The van der Waals surface area contributed by atoms with Crippen molar-refractivity contribution < 1.29 is 18.3 Å². The van der Waals surface area contributed by atoms with Gasteiger partial charge in [-0.2, -0.15) is 0 Å². The molecule has 0 saturated carbocycles. The number of carbonyl (C=O) groups excluding carboxylic acids is 1. The summed E-state index contributed by atoms with van der Waals surface area (Å²) >= 11 is 0. The van der Waals surface area contributed by atoms with E-state index in [1.54, 1.807) is 53.1 Å². The molecule has 2 aromatic carbocycles. The lowest BCUT2D eigenvalue weighted by Crippen LogP contribution is -2.32. The van der Waals surface area contributed by atoms with Gasteiger partial charge in [-0.25, -0.2) is 18.7 Å². The third kappa shape index (κ3) is 2.73. The fourth-order valence-corrected chi connectivity index (χ4v) is 3.82. The lowest BCUT2D eigenvalue weighted by atomic mass is 10.0. The first kappa shape index (κ1) is 18.3. The molecule has 0 radical (unpaired) electrons. The van der Waals surface area contributed by atoms with Crippen LogP contribution < -0.4 is 10.5 Å². The minimum Gasteiger partial charge on any atom is -0.491 e. The van der Waals surface area contributed by atoms with Crippen molar-refractivity contribution >= 4 is 28.3 Å². The van der Waals surface area contributed by atoms with Gasteiger partial charge in [-0.05, 0) is 24.3 Å². The van der Waals surface area contributed by atoms with Crippen molar-refractivity contribution in [2.75, 3.05) is 19.4 Å². The molecule has 2 aromatic heterocycles. The zero-order valence-electron chi connectivity index (χ0n) is 15.9. The summed E-state index contributed by atoms with van der Waals surface area (Å²) in [5.74, 6) is 0.524. The molecule has 0 saturated heterocycles. The van der Waals surface area contributed by atoms with Crippen LogP contribution in [0.25, 0.3) is 16.6 Å². The Labute approximate surface area is 169 Å². The van der Waals surface area contributed by atoms with Crippen LogP contribution in [-0.2, 0) is 0 Å². The standard InChI is InChI=1S/C21H17F2N5O2/c1-27(17-9-30-18-7-11(19(22)23)2-4-13(17)18)21(29)12-3-5-14-15(6-12)28-10-25-8-16(28)20(24)26-14/h2-8,10,17,19H,9H2,1H3,(H2,24,26)/t17-/m1/s1. The number of nitrogens with two attached hydrogens (primary N) is 1. The number of hydrogen-bond acceptors (Lipinski definition) is 5. The van der Waals surface area contributed by atoms with Gasteiger partial charge in [0.2, 0.25) is 0 Å². The number of halogens is 2. The molecule has 0 fully saturated rings. The second-order valence-corrected chi connectivity index (χ2v) is 7.19. The van der Waals surface area contributed by atoms with Gasteiger partial charge in [0.25, 0.3) is 12.3 Å². The molecule has 0 bridgehead atoms. The summed E-state index contributed by atoms with van der Waals surface area (Å²) in [6, 6.07) is 9.10. The second kappa shape index (κ2) is 6.65.